The number of carbonyl (C=O) groups excluding carboxylic acids is 1. The zero-order valence-electron chi connectivity index (χ0n) is 25.4. The van der Waals surface area contributed by atoms with Crippen molar-refractivity contribution in [3.8, 4) is 5.75 Å². The third-order valence-electron chi connectivity index (χ3n) is 8.60. The molecule has 3 aliphatic rings. The molecule has 0 unspecified atom stereocenters. The van der Waals surface area contributed by atoms with Crippen LogP contribution < -0.4 is 9.64 Å². The summed E-state index contributed by atoms with van der Waals surface area (Å²) in [7, 11) is 0. The van der Waals surface area contributed by atoms with Crippen LogP contribution in [0.2, 0.25) is 0 Å². The van der Waals surface area contributed by atoms with Gasteiger partial charge in [0.1, 0.15) is 17.0 Å². The van der Waals surface area contributed by atoms with Gasteiger partial charge >= 0.3 is 6.09 Å². The van der Waals surface area contributed by atoms with Gasteiger partial charge in [-0.15, -0.1) is 0 Å². The molecule has 0 radical (unpaired) electrons. The van der Waals surface area contributed by atoms with Gasteiger partial charge in [-0.1, -0.05) is 48.5 Å². The first-order chi connectivity index (χ1) is 19.4. The van der Waals surface area contributed by atoms with E-state index in [1.165, 1.54) is 27.9 Å². The monoisotopic (exact) mass is 552 g/mol. The number of amides is 1. The highest BCUT2D eigenvalue weighted by Gasteiger charge is 2.54. The van der Waals surface area contributed by atoms with Gasteiger partial charge in [0.05, 0.1) is 0 Å². The topological polar surface area (TPSA) is 42.0 Å². The van der Waals surface area contributed by atoms with Crippen molar-refractivity contribution in [1.29, 1.82) is 0 Å². The van der Waals surface area contributed by atoms with Crippen LogP contribution in [-0.2, 0) is 11.2 Å². The van der Waals surface area contributed by atoms with Gasteiger partial charge in [0.25, 0.3) is 0 Å². The van der Waals surface area contributed by atoms with Crippen molar-refractivity contribution in [2.24, 2.45) is 5.41 Å². The third kappa shape index (κ3) is 5.82. The van der Waals surface area contributed by atoms with Crippen molar-refractivity contribution < 1.29 is 14.3 Å². The van der Waals surface area contributed by atoms with Crippen LogP contribution in [0.4, 0.5) is 10.5 Å². The molecule has 2 saturated heterocycles. The molecule has 2 fully saturated rings. The Morgan fingerprint density at radius 3 is 2.12 bits per heavy atom. The van der Waals surface area contributed by atoms with Crippen LogP contribution in [0.15, 0.2) is 72.8 Å². The highest BCUT2D eigenvalue weighted by atomic mass is 16.6. The lowest BCUT2D eigenvalue weighted by Gasteiger charge is -2.60. The van der Waals surface area contributed by atoms with Crippen LogP contribution in [0, 0.1) is 5.41 Å². The Morgan fingerprint density at radius 2 is 1.49 bits per heavy atom. The number of aryl methyl sites for hydroxylation is 1. The summed E-state index contributed by atoms with van der Waals surface area (Å²) in [5, 5.41) is 0. The minimum absolute atomic E-state index is 0.191. The van der Waals surface area contributed by atoms with Gasteiger partial charge in [-0.3, -0.25) is 0 Å². The van der Waals surface area contributed by atoms with Gasteiger partial charge in [0.2, 0.25) is 0 Å². The van der Waals surface area contributed by atoms with Crippen LogP contribution in [0.25, 0.3) is 0 Å². The number of ether oxygens (including phenoxy) is 2. The Labute approximate surface area is 245 Å². The van der Waals surface area contributed by atoms with Crippen molar-refractivity contribution in [3.63, 3.8) is 0 Å². The van der Waals surface area contributed by atoms with Crippen LogP contribution in [0.3, 0.4) is 0 Å². The molecular formula is C36H44N2O3. The van der Waals surface area contributed by atoms with E-state index in [2.05, 4.69) is 98.5 Å². The molecule has 2 heterocycles. The van der Waals surface area contributed by atoms with Crippen LogP contribution in [-0.4, -0.2) is 48.4 Å². The average molecular weight is 553 g/mol. The zero-order valence-corrected chi connectivity index (χ0v) is 25.4. The molecule has 5 heteroatoms. The average Bonchev–Trinajstić information content (AvgIpc) is 2.85. The minimum Gasteiger partial charge on any atom is -0.488 e. The first kappa shape index (κ1) is 27.7. The molecule has 0 aromatic heterocycles. The van der Waals surface area contributed by atoms with E-state index in [0.717, 1.165) is 44.8 Å². The Kier molecular flexibility index (Phi) is 6.83. The van der Waals surface area contributed by atoms with Crippen molar-refractivity contribution >= 4 is 11.8 Å². The summed E-state index contributed by atoms with van der Waals surface area (Å²) in [4.78, 5) is 16.7. The molecule has 41 heavy (non-hydrogen) atoms. The molecule has 2 atom stereocenters. The fourth-order valence-corrected chi connectivity index (χ4v) is 6.94. The molecular weight excluding hydrogens is 508 g/mol. The molecule has 216 valence electrons. The minimum atomic E-state index is -0.450. The smallest absolute Gasteiger partial charge is 0.410 e. The van der Waals surface area contributed by atoms with Crippen molar-refractivity contribution in [2.75, 3.05) is 31.1 Å². The number of carbonyl (C=O) groups is 1. The number of fused-ring (bicyclic) bond motifs is 1. The van der Waals surface area contributed by atoms with Gasteiger partial charge in [-0.25, -0.2) is 4.79 Å². The van der Waals surface area contributed by atoms with Gasteiger partial charge < -0.3 is 19.3 Å². The number of hydrogen-bond donors (Lipinski definition) is 0. The number of rotatable bonds is 4. The lowest BCUT2D eigenvalue weighted by Crippen LogP contribution is -2.73. The fraction of sp³-hybridized carbons (Fsp3) is 0.472. The molecule has 1 spiro atoms. The molecule has 6 rings (SSSR count). The third-order valence-corrected chi connectivity index (χ3v) is 8.60. The molecule has 1 aliphatic carbocycles. The SMILES string of the molecule is CC(C)(C)OC(=O)N1CC2(C1)CN(c1ccc([C@@H]3c4ccc(OC(C)(C)C)cc4CC[C@@H]3c3ccccc3)cc1)C2. The second kappa shape index (κ2) is 10.1. The molecule has 5 nitrogen and oxygen atoms in total. The predicted octanol–water partition coefficient (Wildman–Crippen LogP) is 7.78. The first-order valence-electron chi connectivity index (χ1n) is 15.1. The van der Waals surface area contributed by atoms with E-state index < -0.39 is 5.60 Å². The fourth-order valence-electron chi connectivity index (χ4n) is 6.94. The maximum Gasteiger partial charge on any atom is 0.410 e. The maximum atomic E-state index is 12.4. The summed E-state index contributed by atoms with van der Waals surface area (Å²) in [6.45, 7) is 15.6. The normalized spacial score (nSPS) is 21.5. The van der Waals surface area contributed by atoms with Gasteiger partial charge in [-0.2, -0.15) is 0 Å². The van der Waals surface area contributed by atoms with Gasteiger partial charge in [0, 0.05) is 43.2 Å². The molecule has 0 saturated carbocycles. The van der Waals surface area contributed by atoms with Crippen molar-refractivity contribution in [3.05, 3.63) is 95.1 Å². The predicted molar refractivity (Wildman–Crippen MR) is 165 cm³/mol. The highest BCUT2D eigenvalue weighted by molar-refractivity contribution is 5.70. The summed E-state index contributed by atoms with van der Waals surface area (Å²) in [6.07, 6.45) is 1.98. The number of likely N-dealkylation sites (tertiary alicyclic amines) is 1. The summed E-state index contributed by atoms with van der Waals surface area (Å²) >= 11 is 0. The van der Waals surface area contributed by atoms with E-state index in [1.807, 2.05) is 25.7 Å². The lowest BCUT2D eigenvalue weighted by molar-refractivity contribution is -0.0453. The number of benzene rings is 3. The highest BCUT2D eigenvalue weighted by Crippen LogP contribution is 2.48. The number of hydrogen-bond acceptors (Lipinski definition) is 4. The molecule has 0 bridgehead atoms. The Bertz CT molecular complexity index is 1390. The quantitative estimate of drug-likeness (QED) is 0.331. The van der Waals surface area contributed by atoms with E-state index in [0.29, 0.717) is 11.8 Å². The molecule has 1 amide bonds. The van der Waals surface area contributed by atoms with Crippen LogP contribution >= 0.6 is 0 Å². The Morgan fingerprint density at radius 1 is 0.805 bits per heavy atom. The largest absolute Gasteiger partial charge is 0.488 e. The van der Waals surface area contributed by atoms with Crippen molar-refractivity contribution in [2.45, 2.75) is 77.4 Å². The molecule has 3 aromatic carbocycles. The number of nitrogens with zero attached hydrogens (tertiary/aromatic N) is 2. The zero-order chi connectivity index (χ0) is 29.0. The summed E-state index contributed by atoms with van der Waals surface area (Å²) in [5.41, 5.74) is 6.40. The Hall–Kier alpha value is -3.47. The second-order valence-corrected chi connectivity index (χ2v) is 14.4. The molecule has 2 aliphatic heterocycles. The van der Waals surface area contributed by atoms with E-state index in [1.54, 1.807) is 0 Å². The van der Waals surface area contributed by atoms with Crippen LogP contribution in [0.1, 0.15) is 82.1 Å². The first-order valence-corrected chi connectivity index (χ1v) is 15.1. The lowest BCUT2D eigenvalue weighted by atomic mass is 9.69. The standard InChI is InChI=1S/C36H44N2O3/c1-34(2,3)40-29-17-19-31-27(20-29)14-18-30(25-10-8-7-9-11-25)32(31)26-12-15-28(16-13-26)37-21-36(22-37)23-38(24-36)33(39)41-35(4,5)6/h7-13,15-17,19-20,30,32H,14,18,21-24H2,1-6H3/t30-,32+/m1/s1. The summed E-state index contributed by atoms with van der Waals surface area (Å²) < 4.78 is 11.8. The van der Waals surface area contributed by atoms with Crippen LogP contribution in [0.5, 0.6) is 5.75 Å². The summed E-state index contributed by atoms with van der Waals surface area (Å²) in [5.74, 6) is 1.69. The van der Waals surface area contributed by atoms with E-state index in [4.69, 9.17) is 9.47 Å². The second-order valence-electron chi connectivity index (χ2n) is 14.4. The van der Waals surface area contributed by atoms with Crippen molar-refractivity contribution in [1.82, 2.24) is 4.90 Å². The number of anilines is 1. The van der Waals surface area contributed by atoms with E-state index >= 15 is 0 Å². The molecule has 0 N–H and O–H groups in total. The maximum absolute atomic E-state index is 12.4. The van der Waals surface area contributed by atoms with Gasteiger partial charge in [-0.05, 0) is 107 Å². The van der Waals surface area contributed by atoms with E-state index in [-0.39, 0.29) is 17.1 Å². The molecule has 3 aromatic rings. The Balaban J connectivity index is 1.19. The van der Waals surface area contributed by atoms with Gasteiger partial charge in [0.15, 0.2) is 0 Å². The summed E-state index contributed by atoms with van der Waals surface area (Å²) in [6, 6.07) is 27.0. The van der Waals surface area contributed by atoms with E-state index in [9.17, 15) is 4.79 Å².